The van der Waals surface area contributed by atoms with Gasteiger partial charge in [-0.3, -0.25) is 14.8 Å². The van der Waals surface area contributed by atoms with E-state index in [1.165, 1.54) is 11.3 Å². The summed E-state index contributed by atoms with van der Waals surface area (Å²) in [6, 6.07) is 0.924. The molecule has 0 saturated heterocycles. The zero-order valence-corrected chi connectivity index (χ0v) is 16.3. The van der Waals surface area contributed by atoms with Crippen molar-refractivity contribution in [2.75, 3.05) is 11.9 Å². The van der Waals surface area contributed by atoms with Crippen LogP contribution in [0.5, 0.6) is 0 Å². The van der Waals surface area contributed by atoms with Crippen LogP contribution in [0.4, 0.5) is 23.8 Å². The summed E-state index contributed by atoms with van der Waals surface area (Å²) in [6.45, 7) is 0.363. The summed E-state index contributed by atoms with van der Waals surface area (Å²) in [7, 11) is 0. The number of carbonyl (C=O) groups is 2. The standard InChI is InChI=1S/C17H20F3N5O3S/c1-9-21-7-12(29-9)5-15(26)22-14-6-13(23-24-14)10-2-3-11(4-10)25(16(27)28)8-17(18,19)20/h6-7,10-11H,2-5,8H2,1H3,(H,27,28)(H2,22,23,24,26)/t10-,11+/m0/s1. The molecule has 2 atom stereocenters. The molecule has 2 aromatic heterocycles. The Morgan fingerprint density at radius 1 is 1.41 bits per heavy atom. The number of aromatic amines is 1. The monoisotopic (exact) mass is 431 g/mol. The first kappa shape index (κ1) is 21.1. The molecule has 0 unspecified atom stereocenters. The Kier molecular flexibility index (Phi) is 6.10. The Balaban J connectivity index is 1.58. The van der Waals surface area contributed by atoms with Crippen molar-refractivity contribution in [2.45, 2.75) is 50.7 Å². The van der Waals surface area contributed by atoms with Gasteiger partial charge in [0.05, 0.1) is 11.4 Å². The number of halogens is 3. The molecule has 0 bridgehead atoms. The second-order valence-electron chi connectivity index (χ2n) is 6.97. The third-order valence-corrected chi connectivity index (χ3v) is 5.66. The Labute approximate surface area is 168 Å². The van der Waals surface area contributed by atoms with Gasteiger partial charge in [-0.15, -0.1) is 11.3 Å². The van der Waals surface area contributed by atoms with E-state index in [2.05, 4.69) is 20.5 Å². The molecule has 1 aliphatic rings. The lowest BCUT2D eigenvalue weighted by Crippen LogP contribution is -2.44. The predicted octanol–water partition coefficient (Wildman–Crippen LogP) is 3.53. The Hall–Kier alpha value is -2.63. The molecule has 2 heterocycles. The molecule has 158 valence electrons. The average molecular weight is 431 g/mol. The fourth-order valence-electron chi connectivity index (χ4n) is 3.51. The van der Waals surface area contributed by atoms with Gasteiger partial charge in [0, 0.05) is 34.8 Å². The van der Waals surface area contributed by atoms with Crippen LogP contribution >= 0.6 is 11.3 Å². The molecule has 0 spiro atoms. The third-order valence-electron chi connectivity index (χ3n) is 4.75. The highest BCUT2D eigenvalue weighted by atomic mass is 32.1. The van der Waals surface area contributed by atoms with Crippen molar-refractivity contribution in [3.63, 3.8) is 0 Å². The highest BCUT2D eigenvalue weighted by Gasteiger charge is 2.40. The first-order valence-electron chi connectivity index (χ1n) is 8.93. The van der Waals surface area contributed by atoms with Crippen LogP contribution in [0.25, 0.3) is 0 Å². The number of carboxylic acid groups (broad SMARTS) is 1. The Morgan fingerprint density at radius 2 is 2.17 bits per heavy atom. The van der Waals surface area contributed by atoms with E-state index < -0.39 is 24.9 Å². The van der Waals surface area contributed by atoms with Gasteiger partial charge in [0.1, 0.15) is 6.54 Å². The molecule has 29 heavy (non-hydrogen) atoms. The van der Waals surface area contributed by atoms with Crippen molar-refractivity contribution in [3.05, 3.63) is 27.8 Å². The summed E-state index contributed by atoms with van der Waals surface area (Å²) >= 11 is 1.43. The van der Waals surface area contributed by atoms with Gasteiger partial charge in [-0.1, -0.05) is 0 Å². The maximum Gasteiger partial charge on any atom is 0.407 e. The van der Waals surface area contributed by atoms with E-state index in [1.807, 2.05) is 6.92 Å². The van der Waals surface area contributed by atoms with Crippen LogP contribution in [-0.4, -0.2) is 56.0 Å². The summed E-state index contributed by atoms with van der Waals surface area (Å²) in [5.74, 6) is -0.0873. The van der Waals surface area contributed by atoms with Crippen LogP contribution in [-0.2, 0) is 11.2 Å². The molecular weight excluding hydrogens is 411 g/mol. The normalized spacial score (nSPS) is 19.3. The molecule has 2 amide bonds. The maximum atomic E-state index is 12.7. The van der Waals surface area contributed by atoms with Gasteiger partial charge in [0.2, 0.25) is 5.91 Å². The number of nitrogens with zero attached hydrogens (tertiary/aromatic N) is 3. The van der Waals surface area contributed by atoms with E-state index in [9.17, 15) is 22.8 Å². The number of hydrogen-bond donors (Lipinski definition) is 3. The van der Waals surface area contributed by atoms with Gasteiger partial charge >= 0.3 is 12.3 Å². The van der Waals surface area contributed by atoms with Crippen molar-refractivity contribution in [2.24, 2.45) is 0 Å². The minimum Gasteiger partial charge on any atom is -0.465 e. The summed E-state index contributed by atoms with van der Waals surface area (Å²) in [4.78, 5) is 28.7. The number of hydrogen-bond acceptors (Lipinski definition) is 5. The third kappa shape index (κ3) is 5.68. The second kappa shape index (κ2) is 8.39. The molecule has 3 rings (SSSR count). The molecule has 2 aromatic rings. The van der Waals surface area contributed by atoms with Crippen LogP contribution in [0.3, 0.4) is 0 Å². The maximum absolute atomic E-state index is 12.7. The van der Waals surface area contributed by atoms with Crippen LogP contribution in [0.2, 0.25) is 0 Å². The molecule has 1 saturated carbocycles. The number of aryl methyl sites for hydroxylation is 1. The molecule has 1 aliphatic carbocycles. The molecule has 0 aliphatic heterocycles. The highest BCUT2D eigenvalue weighted by molar-refractivity contribution is 7.11. The lowest BCUT2D eigenvalue weighted by molar-refractivity contribution is -0.145. The summed E-state index contributed by atoms with van der Waals surface area (Å²) < 4.78 is 38.0. The molecule has 3 N–H and O–H groups in total. The van der Waals surface area contributed by atoms with Gasteiger partial charge in [0.15, 0.2) is 5.82 Å². The van der Waals surface area contributed by atoms with Crippen molar-refractivity contribution >= 4 is 29.2 Å². The van der Waals surface area contributed by atoms with Gasteiger partial charge in [0.25, 0.3) is 0 Å². The zero-order valence-electron chi connectivity index (χ0n) is 15.5. The number of H-pyrrole nitrogens is 1. The number of nitrogens with one attached hydrogen (secondary N) is 2. The first-order valence-corrected chi connectivity index (χ1v) is 9.75. The number of rotatable bonds is 6. The van der Waals surface area contributed by atoms with E-state index in [0.29, 0.717) is 29.3 Å². The fraction of sp³-hybridized carbons (Fsp3) is 0.529. The molecule has 0 aromatic carbocycles. The molecular formula is C17H20F3N5O3S. The van der Waals surface area contributed by atoms with E-state index >= 15 is 0 Å². The van der Waals surface area contributed by atoms with Crippen molar-refractivity contribution in [1.29, 1.82) is 0 Å². The number of carbonyl (C=O) groups excluding carboxylic acids is 1. The minimum atomic E-state index is -4.58. The van der Waals surface area contributed by atoms with Crippen LogP contribution < -0.4 is 5.32 Å². The SMILES string of the molecule is Cc1ncc(CC(=O)Nc2cc([C@H]3CC[C@@H](N(CC(F)(F)F)C(=O)O)C3)[nH]n2)s1. The lowest BCUT2D eigenvalue weighted by atomic mass is 10.0. The number of anilines is 1. The van der Waals surface area contributed by atoms with Crippen molar-refractivity contribution in [3.8, 4) is 0 Å². The number of alkyl halides is 3. The number of amides is 2. The van der Waals surface area contributed by atoms with Crippen molar-refractivity contribution in [1.82, 2.24) is 20.1 Å². The Morgan fingerprint density at radius 3 is 2.79 bits per heavy atom. The number of aromatic nitrogens is 3. The first-order chi connectivity index (χ1) is 13.6. The highest BCUT2D eigenvalue weighted by Crippen LogP contribution is 2.37. The van der Waals surface area contributed by atoms with E-state index in [4.69, 9.17) is 5.11 Å². The smallest absolute Gasteiger partial charge is 0.407 e. The second-order valence-corrected chi connectivity index (χ2v) is 8.29. The molecule has 12 heteroatoms. The number of thiazole rings is 1. The average Bonchev–Trinajstić information content (AvgIpc) is 3.32. The minimum absolute atomic E-state index is 0.155. The predicted molar refractivity (Wildman–Crippen MR) is 98.9 cm³/mol. The van der Waals surface area contributed by atoms with E-state index in [-0.39, 0.29) is 24.7 Å². The largest absolute Gasteiger partial charge is 0.465 e. The van der Waals surface area contributed by atoms with Crippen LogP contribution in [0.15, 0.2) is 12.3 Å². The van der Waals surface area contributed by atoms with Crippen molar-refractivity contribution < 1.29 is 27.9 Å². The van der Waals surface area contributed by atoms with Gasteiger partial charge < -0.3 is 10.4 Å². The topological polar surface area (TPSA) is 111 Å². The van der Waals surface area contributed by atoms with Gasteiger partial charge in [-0.2, -0.15) is 18.3 Å². The zero-order chi connectivity index (χ0) is 21.2. The van der Waals surface area contributed by atoms with E-state index in [1.54, 1.807) is 12.3 Å². The Bertz CT molecular complexity index is 882. The van der Waals surface area contributed by atoms with Crippen LogP contribution in [0, 0.1) is 6.92 Å². The van der Waals surface area contributed by atoms with Gasteiger partial charge in [-0.25, -0.2) is 9.78 Å². The lowest BCUT2D eigenvalue weighted by Gasteiger charge is -2.27. The summed E-state index contributed by atoms with van der Waals surface area (Å²) in [5.41, 5.74) is 0.661. The summed E-state index contributed by atoms with van der Waals surface area (Å²) in [5, 5.41) is 19.5. The summed E-state index contributed by atoms with van der Waals surface area (Å²) in [6.07, 6.45) is -3.23. The molecule has 1 fully saturated rings. The molecule has 8 nitrogen and oxygen atoms in total. The molecule has 0 radical (unpaired) electrons. The fourth-order valence-corrected chi connectivity index (χ4v) is 4.30. The quantitative estimate of drug-likeness (QED) is 0.648. The van der Waals surface area contributed by atoms with E-state index in [0.717, 1.165) is 9.88 Å². The van der Waals surface area contributed by atoms with Crippen LogP contribution in [0.1, 0.15) is 40.8 Å². The van der Waals surface area contributed by atoms with Gasteiger partial charge in [-0.05, 0) is 26.2 Å².